The van der Waals surface area contributed by atoms with Crippen molar-refractivity contribution in [2.75, 3.05) is 12.4 Å². The number of aryl methyl sites for hydroxylation is 1. The number of aromatic nitrogens is 1. The number of nitro benzene ring substituents is 1. The van der Waals surface area contributed by atoms with Gasteiger partial charge in [-0.2, -0.15) is 0 Å². The van der Waals surface area contributed by atoms with Crippen LogP contribution in [0.2, 0.25) is 0 Å². The maximum atomic E-state index is 12.2. The maximum absolute atomic E-state index is 12.2. The van der Waals surface area contributed by atoms with Gasteiger partial charge in [0.05, 0.1) is 30.1 Å². The van der Waals surface area contributed by atoms with Crippen LogP contribution in [0.3, 0.4) is 0 Å². The van der Waals surface area contributed by atoms with E-state index in [1.807, 2.05) is 0 Å². The second-order valence-electron chi connectivity index (χ2n) is 4.32. The molecule has 0 fully saturated rings. The molecule has 21 heavy (non-hydrogen) atoms. The molecule has 0 aliphatic heterocycles. The lowest BCUT2D eigenvalue weighted by Gasteiger charge is -2.08. The van der Waals surface area contributed by atoms with Crippen LogP contribution in [0.4, 0.5) is 11.4 Å². The Bertz CT molecular complexity index is 700. The van der Waals surface area contributed by atoms with Gasteiger partial charge in [-0.05, 0) is 12.5 Å². The van der Waals surface area contributed by atoms with Gasteiger partial charge in [0.1, 0.15) is 5.75 Å². The zero-order valence-corrected chi connectivity index (χ0v) is 11.5. The fourth-order valence-corrected chi connectivity index (χ4v) is 1.77. The number of rotatable bonds is 4. The van der Waals surface area contributed by atoms with Crippen LogP contribution in [0.5, 0.6) is 5.75 Å². The van der Waals surface area contributed by atoms with Crippen LogP contribution in [-0.4, -0.2) is 22.9 Å². The Kier molecular flexibility index (Phi) is 4.13. The number of benzene rings is 1. The summed E-state index contributed by atoms with van der Waals surface area (Å²) in [5.41, 5.74) is 1.21. The van der Waals surface area contributed by atoms with Crippen molar-refractivity contribution in [3.63, 3.8) is 0 Å². The van der Waals surface area contributed by atoms with E-state index in [1.165, 1.54) is 37.7 Å². The summed E-state index contributed by atoms with van der Waals surface area (Å²) in [6, 6.07) is 5.76. The Hall–Kier alpha value is -2.96. The Labute approximate surface area is 120 Å². The fraction of sp³-hybridized carbons (Fsp3) is 0.143. The number of amides is 1. The quantitative estimate of drug-likeness (QED) is 0.688. The lowest BCUT2D eigenvalue weighted by atomic mass is 10.1. The monoisotopic (exact) mass is 287 g/mol. The van der Waals surface area contributed by atoms with Gasteiger partial charge in [0.15, 0.2) is 0 Å². The molecule has 1 N–H and O–H groups in total. The molecule has 0 atom stereocenters. The van der Waals surface area contributed by atoms with Gasteiger partial charge in [-0.25, -0.2) is 0 Å². The predicted molar refractivity (Wildman–Crippen MR) is 76.6 cm³/mol. The van der Waals surface area contributed by atoms with Crippen molar-refractivity contribution >= 4 is 17.3 Å². The molecule has 0 unspecified atom stereocenters. The Morgan fingerprint density at radius 2 is 2.10 bits per heavy atom. The third-order valence-electron chi connectivity index (χ3n) is 2.88. The first-order valence-electron chi connectivity index (χ1n) is 6.06. The van der Waals surface area contributed by atoms with E-state index in [9.17, 15) is 14.9 Å². The third-order valence-corrected chi connectivity index (χ3v) is 2.88. The summed E-state index contributed by atoms with van der Waals surface area (Å²) < 4.78 is 5.01. The minimum absolute atomic E-state index is 0.130. The number of anilines is 1. The van der Waals surface area contributed by atoms with E-state index in [0.717, 1.165) is 0 Å². The summed E-state index contributed by atoms with van der Waals surface area (Å²) in [7, 11) is 1.49. The standard InChI is InChI=1S/C14H13N3O4/c1-9-3-4-11(17(19)20)6-13(9)14(18)16-10-5-12(21-2)8-15-7-10/h3-8H,1-2H3,(H,16,18). The molecule has 0 saturated carbocycles. The molecule has 0 aliphatic rings. The smallest absolute Gasteiger partial charge is 0.270 e. The van der Waals surface area contributed by atoms with E-state index in [0.29, 0.717) is 17.0 Å². The Balaban J connectivity index is 2.27. The van der Waals surface area contributed by atoms with Gasteiger partial charge >= 0.3 is 0 Å². The normalized spacial score (nSPS) is 10.0. The van der Waals surface area contributed by atoms with Crippen LogP contribution in [-0.2, 0) is 0 Å². The van der Waals surface area contributed by atoms with Crippen molar-refractivity contribution < 1.29 is 14.5 Å². The number of nitrogens with zero attached hydrogens (tertiary/aromatic N) is 2. The zero-order chi connectivity index (χ0) is 15.4. The molecule has 0 spiro atoms. The van der Waals surface area contributed by atoms with Crippen molar-refractivity contribution in [3.05, 3.63) is 57.9 Å². The number of carbonyl (C=O) groups excluding carboxylic acids is 1. The first-order valence-corrected chi connectivity index (χ1v) is 6.06. The van der Waals surface area contributed by atoms with Gasteiger partial charge in [0.2, 0.25) is 0 Å². The van der Waals surface area contributed by atoms with Gasteiger partial charge in [-0.1, -0.05) is 6.07 Å². The van der Waals surface area contributed by atoms with Crippen LogP contribution in [0.25, 0.3) is 0 Å². The maximum Gasteiger partial charge on any atom is 0.270 e. The van der Waals surface area contributed by atoms with Crippen molar-refractivity contribution in [2.24, 2.45) is 0 Å². The summed E-state index contributed by atoms with van der Waals surface area (Å²) in [6.45, 7) is 1.71. The van der Waals surface area contributed by atoms with E-state index >= 15 is 0 Å². The highest BCUT2D eigenvalue weighted by Gasteiger charge is 2.15. The van der Waals surface area contributed by atoms with Gasteiger partial charge in [0, 0.05) is 23.8 Å². The lowest BCUT2D eigenvalue weighted by molar-refractivity contribution is -0.384. The Morgan fingerprint density at radius 1 is 1.33 bits per heavy atom. The molecule has 7 nitrogen and oxygen atoms in total. The molecule has 0 aliphatic carbocycles. The van der Waals surface area contributed by atoms with Crippen molar-refractivity contribution in [3.8, 4) is 5.75 Å². The van der Waals surface area contributed by atoms with Crippen molar-refractivity contribution in [2.45, 2.75) is 6.92 Å². The van der Waals surface area contributed by atoms with E-state index < -0.39 is 10.8 Å². The number of hydrogen-bond acceptors (Lipinski definition) is 5. The molecule has 1 amide bonds. The highest BCUT2D eigenvalue weighted by molar-refractivity contribution is 6.05. The molecule has 0 bridgehead atoms. The van der Waals surface area contributed by atoms with Crippen LogP contribution in [0, 0.1) is 17.0 Å². The van der Waals surface area contributed by atoms with E-state index in [-0.39, 0.29) is 11.3 Å². The first kappa shape index (κ1) is 14.4. The number of ether oxygens (including phenoxy) is 1. The topological polar surface area (TPSA) is 94.4 Å². The molecular formula is C14H13N3O4. The molecule has 7 heteroatoms. The molecule has 0 radical (unpaired) electrons. The van der Waals surface area contributed by atoms with Gasteiger partial charge in [-0.3, -0.25) is 19.9 Å². The number of carbonyl (C=O) groups is 1. The molecule has 1 aromatic carbocycles. The lowest BCUT2D eigenvalue weighted by Crippen LogP contribution is -2.14. The number of hydrogen-bond donors (Lipinski definition) is 1. The number of nitrogens with one attached hydrogen (secondary N) is 1. The van der Waals surface area contributed by atoms with Crippen molar-refractivity contribution in [1.82, 2.24) is 4.98 Å². The molecule has 2 rings (SSSR count). The average Bonchev–Trinajstić information content (AvgIpc) is 2.47. The zero-order valence-electron chi connectivity index (χ0n) is 11.5. The van der Waals surface area contributed by atoms with Crippen LogP contribution in [0.1, 0.15) is 15.9 Å². The van der Waals surface area contributed by atoms with E-state index in [2.05, 4.69) is 10.3 Å². The molecule has 1 heterocycles. The number of nitro groups is 1. The summed E-state index contributed by atoms with van der Waals surface area (Å²) in [5, 5.41) is 13.4. The second-order valence-corrected chi connectivity index (χ2v) is 4.32. The number of methoxy groups -OCH3 is 1. The van der Waals surface area contributed by atoms with Gasteiger partial charge < -0.3 is 10.1 Å². The van der Waals surface area contributed by atoms with Crippen molar-refractivity contribution in [1.29, 1.82) is 0 Å². The van der Waals surface area contributed by atoms with Crippen LogP contribution in [0.15, 0.2) is 36.7 Å². The number of pyridine rings is 1. The average molecular weight is 287 g/mol. The Morgan fingerprint density at radius 3 is 2.76 bits per heavy atom. The fourth-order valence-electron chi connectivity index (χ4n) is 1.77. The minimum Gasteiger partial charge on any atom is -0.495 e. The second kappa shape index (κ2) is 6.00. The number of non-ortho nitro benzene ring substituents is 1. The van der Waals surface area contributed by atoms with Crippen LogP contribution < -0.4 is 10.1 Å². The largest absolute Gasteiger partial charge is 0.495 e. The summed E-state index contributed by atoms with van der Waals surface area (Å²) >= 11 is 0. The predicted octanol–water partition coefficient (Wildman–Crippen LogP) is 2.56. The van der Waals surface area contributed by atoms with Crippen LogP contribution >= 0.6 is 0 Å². The molecule has 0 saturated heterocycles. The molecule has 2 aromatic rings. The van der Waals surface area contributed by atoms with Gasteiger partial charge in [-0.15, -0.1) is 0 Å². The summed E-state index contributed by atoms with van der Waals surface area (Å²) in [4.78, 5) is 26.4. The van der Waals surface area contributed by atoms with Gasteiger partial charge in [0.25, 0.3) is 11.6 Å². The summed E-state index contributed by atoms with van der Waals surface area (Å²) in [5.74, 6) is 0.0646. The SMILES string of the molecule is COc1cncc(NC(=O)c2cc([N+](=O)[O-])ccc2C)c1. The third kappa shape index (κ3) is 3.33. The van der Waals surface area contributed by atoms with E-state index in [1.54, 1.807) is 13.0 Å². The highest BCUT2D eigenvalue weighted by Crippen LogP contribution is 2.20. The highest BCUT2D eigenvalue weighted by atomic mass is 16.6. The molecule has 1 aromatic heterocycles. The molecule has 108 valence electrons. The van der Waals surface area contributed by atoms with E-state index in [4.69, 9.17) is 4.74 Å². The summed E-state index contributed by atoms with van der Waals surface area (Å²) in [6.07, 6.45) is 2.97. The minimum atomic E-state index is -0.538. The first-order chi connectivity index (χ1) is 10.0. The molecular weight excluding hydrogens is 274 g/mol.